The van der Waals surface area contributed by atoms with Gasteiger partial charge in [0, 0.05) is 0 Å². The van der Waals surface area contributed by atoms with Crippen molar-refractivity contribution in [3.8, 4) is 11.5 Å². The van der Waals surface area contributed by atoms with Crippen molar-refractivity contribution < 1.29 is 14.3 Å². The van der Waals surface area contributed by atoms with E-state index in [2.05, 4.69) is 38.2 Å². The SMILES string of the molecule is CCCOc1ccc(/C=N/NC(=O)COc2ccccc2C(C)(C)C)cc1. The van der Waals surface area contributed by atoms with E-state index in [4.69, 9.17) is 9.47 Å². The molecule has 2 aromatic carbocycles. The van der Waals surface area contributed by atoms with Crippen LogP contribution in [-0.4, -0.2) is 25.3 Å². The summed E-state index contributed by atoms with van der Waals surface area (Å²) in [6.45, 7) is 9.00. The number of amides is 1. The Hall–Kier alpha value is -2.82. The minimum atomic E-state index is -0.308. The van der Waals surface area contributed by atoms with Crippen LogP contribution in [0.25, 0.3) is 0 Å². The first kappa shape index (κ1) is 20.5. The fourth-order valence-corrected chi connectivity index (χ4v) is 2.44. The Morgan fingerprint density at radius 2 is 1.78 bits per heavy atom. The van der Waals surface area contributed by atoms with Gasteiger partial charge in [0.15, 0.2) is 6.61 Å². The highest BCUT2D eigenvalue weighted by atomic mass is 16.5. The number of carbonyl (C=O) groups excluding carboxylic acids is 1. The maximum Gasteiger partial charge on any atom is 0.277 e. The van der Waals surface area contributed by atoms with Gasteiger partial charge in [-0.3, -0.25) is 4.79 Å². The molecule has 0 aliphatic carbocycles. The van der Waals surface area contributed by atoms with Crippen LogP contribution in [0.1, 0.15) is 45.2 Å². The molecule has 27 heavy (non-hydrogen) atoms. The molecule has 0 heterocycles. The molecule has 0 aliphatic heterocycles. The summed E-state index contributed by atoms with van der Waals surface area (Å²) in [6.07, 6.45) is 2.56. The first-order chi connectivity index (χ1) is 12.9. The quantitative estimate of drug-likeness (QED) is 0.558. The molecule has 144 valence electrons. The van der Waals surface area contributed by atoms with Crippen LogP contribution in [0, 0.1) is 0 Å². The van der Waals surface area contributed by atoms with Gasteiger partial charge in [0.25, 0.3) is 5.91 Å². The second kappa shape index (κ2) is 9.76. The van der Waals surface area contributed by atoms with E-state index in [9.17, 15) is 4.79 Å². The highest BCUT2D eigenvalue weighted by molar-refractivity contribution is 5.83. The Balaban J connectivity index is 1.84. The van der Waals surface area contributed by atoms with Crippen LogP contribution in [0.5, 0.6) is 11.5 Å². The van der Waals surface area contributed by atoms with Crippen molar-refractivity contribution in [2.45, 2.75) is 39.5 Å². The van der Waals surface area contributed by atoms with Gasteiger partial charge < -0.3 is 9.47 Å². The molecule has 0 spiro atoms. The van der Waals surface area contributed by atoms with Crippen molar-refractivity contribution >= 4 is 12.1 Å². The maximum atomic E-state index is 12.0. The van der Waals surface area contributed by atoms with Crippen LogP contribution >= 0.6 is 0 Å². The zero-order chi connectivity index (χ0) is 19.7. The second-order valence-electron chi connectivity index (χ2n) is 7.25. The molecule has 2 aromatic rings. The lowest BCUT2D eigenvalue weighted by Gasteiger charge is -2.22. The molecular formula is C22H28N2O3. The van der Waals surface area contributed by atoms with Crippen molar-refractivity contribution in [3.05, 3.63) is 59.7 Å². The minimum Gasteiger partial charge on any atom is -0.494 e. The predicted molar refractivity (Wildman–Crippen MR) is 109 cm³/mol. The third-order valence-corrected chi connectivity index (χ3v) is 3.81. The van der Waals surface area contributed by atoms with E-state index < -0.39 is 0 Å². The van der Waals surface area contributed by atoms with Crippen molar-refractivity contribution in [1.82, 2.24) is 5.43 Å². The predicted octanol–water partition coefficient (Wildman–Crippen LogP) is 4.30. The normalized spacial score (nSPS) is 11.4. The third-order valence-electron chi connectivity index (χ3n) is 3.81. The van der Waals surface area contributed by atoms with E-state index in [0.29, 0.717) is 12.4 Å². The number of ether oxygens (including phenoxy) is 2. The number of hydrogen-bond donors (Lipinski definition) is 1. The van der Waals surface area contributed by atoms with Crippen molar-refractivity contribution in [2.75, 3.05) is 13.2 Å². The summed E-state index contributed by atoms with van der Waals surface area (Å²) >= 11 is 0. The summed E-state index contributed by atoms with van der Waals surface area (Å²) in [4.78, 5) is 12.0. The molecule has 1 N–H and O–H groups in total. The first-order valence-corrected chi connectivity index (χ1v) is 9.17. The molecule has 0 atom stereocenters. The molecule has 5 heteroatoms. The summed E-state index contributed by atoms with van der Waals surface area (Å²) in [5.74, 6) is 1.23. The molecule has 5 nitrogen and oxygen atoms in total. The largest absolute Gasteiger partial charge is 0.494 e. The zero-order valence-electron chi connectivity index (χ0n) is 16.5. The molecule has 0 aliphatic rings. The molecule has 0 saturated heterocycles. The highest BCUT2D eigenvalue weighted by Crippen LogP contribution is 2.30. The molecule has 0 aromatic heterocycles. The van der Waals surface area contributed by atoms with E-state index in [1.165, 1.54) is 0 Å². The minimum absolute atomic E-state index is 0.0573. The lowest BCUT2D eigenvalue weighted by atomic mass is 9.86. The Morgan fingerprint density at radius 3 is 2.44 bits per heavy atom. The summed E-state index contributed by atoms with van der Waals surface area (Å²) in [5, 5.41) is 3.97. The van der Waals surface area contributed by atoms with Crippen LogP contribution in [0.15, 0.2) is 53.6 Å². The van der Waals surface area contributed by atoms with E-state index >= 15 is 0 Å². The third kappa shape index (κ3) is 6.77. The Labute approximate surface area is 161 Å². The van der Waals surface area contributed by atoms with E-state index in [-0.39, 0.29) is 17.9 Å². The summed E-state index contributed by atoms with van der Waals surface area (Å²) < 4.78 is 11.2. The molecule has 1 amide bonds. The summed E-state index contributed by atoms with van der Waals surface area (Å²) in [5.41, 5.74) is 4.36. The number of benzene rings is 2. The Morgan fingerprint density at radius 1 is 1.07 bits per heavy atom. The fraction of sp³-hybridized carbons (Fsp3) is 0.364. The van der Waals surface area contributed by atoms with Gasteiger partial charge >= 0.3 is 0 Å². The van der Waals surface area contributed by atoms with Crippen LogP contribution in [0.4, 0.5) is 0 Å². The van der Waals surface area contributed by atoms with Crippen LogP contribution in [0.3, 0.4) is 0 Å². The molecule has 2 rings (SSSR count). The number of rotatable bonds is 8. The van der Waals surface area contributed by atoms with E-state index in [0.717, 1.165) is 23.3 Å². The standard InChI is InChI=1S/C22H28N2O3/c1-5-14-26-18-12-10-17(11-13-18)15-23-24-21(25)16-27-20-9-7-6-8-19(20)22(2,3)4/h6-13,15H,5,14,16H2,1-4H3,(H,24,25)/b23-15+. The number of nitrogens with one attached hydrogen (secondary N) is 1. The molecule has 0 bridgehead atoms. The average molecular weight is 368 g/mol. The van der Waals surface area contributed by atoms with E-state index in [1.807, 2.05) is 48.5 Å². The smallest absolute Gasteiger partial charge is 0.277 e. The second-order valence-corrected chi connectivity index (χ2v) is 7.25. The maximum absolute atomic E-state index is 12.0. The Kier molecular flexibility index (Phi) is 7.41. The lowest BCUT2D eigenvalue weighted by molar-refractivity contribution is -0.123. The van der Waals surface area contributed by atoms with Gasteiger partial charge in [-0.25, -0.2) is 5.43 Å². The first-order valence-electron chi connectivity index (χ1n) is 9.17. The molecule has 0 fully saturated rings. The van der Waals surface area contributed by atoms with Gasteiger partial charge in [0.05, 0.1) is 12.8 Å². The van der Waals surface area contributed by atoms with Crippen molar-refractivity contribution in [2.24, 2.45) is 5.10 Å². The Bertz CT molecular complexity index is 762. The number of hydrazone groups is 1. The summed E-state index contributed by atoms with van der Waals surface area (Å²) in [7, 11) is 0. The molecule has 0 unspecified atom stereocenters. The highest BCUT2D eigenvalue weighted by Gasteiger charge is 2.18. The molecule has 0 radical (unpaired) electrons. The van der Waals surface area contributed by atoms with Crippen LogP contribution in [0.2, 0.25) is 0 Å². The topological polar surface area (TPSA) is 59.9 Å². The van der Waals surface area contributed by atoms with Gasteiger partial charge in [0.2, 0.25) is 0 Å². The van der Waals surface area contributed by atoms with Crippen molar-refractivity contribution in [3.63, 3.8) is 0 Å². The van der Waals surface area contributed by atoms with Crippen LogP contribution in [-0.2, 0) is 10.2 Å². The average Bonchev–Trinajstić information content (AvgIpc) is 2.65. The van der Waals surface area contributed by atoms with Gasteiger partial charge in [-0.2, -0.15) is 5.10 Å². The van der Waals surface area contributed by atoms with Gasteiger partial charge in [0.1, 0.15) is 11.5 Å². The number of hydrogen-bond acceptors (Lipinski definition) is 4. The van der Waals surface area contributed by atoms with Gasteiger partial charge in [-0.15, -0.1) is 0 Å². The molecule has 0 saturated carbocycles. The molecular weight excluding hydrogens is 340 g/mol. The van der Waals surface area contributed by atoms with E-state index in [1.54, 1.807) is 6.21 Å². The summed E-state index contributed by atoms with van der Waals surface area (Å²) in [6, 6.07) is 15.3. The van der Waals surface area contributed by atoms with Gasteiger partial charge in [-0.1, -0.05) is 45.9 Å². The number of para-hydroxylation sites is 1. The van der Waals surface area contributed by atoms with Gasteiger partial charge in [-0.05, 0) is 53.3 Å². The fourth-order valence-electron chi connectivity index (χ4n) is 2.44. The van der Waals surface area contributed by atoms with Crippen molar-refractivity contribution in [1.29, 1.82) is 0 Å². The number of nitrogens with zero attached hydrogens (tertiary/aromatic N) is 1. The monoisotopic (exact) mass is 368 g/mol. The zero-order valence-corrected chi connectivity index (χ0v) is 16.5. The van der Waals surface area contributed by atoms with Crippen LogP contribution < -0.4 is 14.9 Å². The number of carbonyl (C=O) groups is 1. The lowest BCUT2D eigenvalue weighted by Crippen LogP contribution is -2.25.